The Labute approximate surface area is 279 Å². The first kappa shape index (κ1) is 36.5. The molecule has 0 unspecified atom stereocenters. The number of rotatable bonds is 11. The van der Waals surface area contributed by atoms with Crippen molar-refractivity contribution >= 4 is 17.8 Å². The van der Waals surface area contributed by atoms with Crippen molar-refractivity contribution in [3.05, 3.63) is 96.3 Å². The van der Waals surface area contributed by atoms with Gasteiger partial charge in [0.15, 0.2) is 5.84 Å². The van der Waals surface area contributed by atoms with E-state index in [4.69, 9.17) is 35.2 Å². The average Bonchev–Trinajstić information content (AvgIpc) is 3.13. The summed E-state index contributed by atoms with van der Waals surface area (Å²) in [4.78, 5) is 31.8. The predicted molar refractivity (Wildman–Crippen MR) is 179 cm³/mol. The summed E-state index contributed by atoms with van der Waals surface area (Å²) in [5.41, 5.74) is 8.50. The lowest BCUT2D eigenvalue weighted by Gasteiger charge is -2.21. The molecular formula is C36H39N5O7. The second-order valence-electron chi connectivity index (χ2n) is 11.8. The van der Waals surface area contributed by atoms with Crippen molar-refractivity contribution in [2.45, 2.75) is 27.7 Å². The number of ether oxygens (including phenoxy) is 4. The molecule has 0 radical (unpaired) electrons. The minimum Gasteiger partial charge on any atom is -0.492 e. The van der Waals surface area contributed by atoms with Gasteiger partial charge in [-0.3, -0.25) is 19.6 Å². The van der Waals surface area contributed by atoms with Crippen LogP contribution in [-0.2, 0) is 19.1 Å². The zero-order valence-corrected chi connectivity index (χ0v) is 27.8. The molecule has 0 aliphatic carbocycles. The van der Waals surface area contributed by atoms with Gasteiger partial charge in [0.25, 0.3) is 0 Å². The maximum Gasteiger partial charge on any atom is 0.314 e. The SMILES string of the molecule is COC(=O)C(C)(C)COc1ccc(-c2ccc(/C(N)=N/O)cn2)cc1.COC(=O)C(C)(C)COc1ccc(-c2ccc(C#N)cn2)cc1. The summed E-state index contributed by atoms with van der Waals surface area (Å²) in [6.07, 6.45) is 3.08. The minimum atomic E-state index is -0.723. The highest BCUT2D eigenvalue weighted by molar-refractivity contribution is 5.96. The molecule has 12 heteroatoms. The number of amidine groups is 1. The maximum absolute atomic E-state index is 11.6. The number of esters is 2. The zero-order valence-electron chi connectivity index (χ0n) is 27.8. The van der Waals surface area contributed by atoms with E-state index >= 15 is 0 Å². The molecule has 4 aromatic rings. The van der Waals surface area contributed by atoms with E-state index in [-0.39, 0.29) is 31.0 Å². The van der Waals surface area contributed by atoms with E-state index in [1.165, 1.54) is 20.4 Å². The lowest BCUT2D eigenvalue weighted by Crippen LogP contribution is -2.32. The van der Waals surface area contributed by atoms with Crippen LogP contribution in [0.5, 0.6) is 11.5 Å². The van der Waals surface area contributed by atoms with Gasteiger partial charge in [0, 0.05) is 29.1 Å². The average molecular weight is 654 g/mol. The summed E-state index contributed by atoms with van der Waals surface area (Å²) in [7, 11) is 2.72. The normalized spacial score (nSPS) is 11.3. The maximum atomic E-state index is 11.6. The molecule has 2 aromatic carbocycles. The molecule has 0 aliphatic heterocycles. The smallest absolute Gasteiger partial charge is 0.314 e. The Hall–Kier alpha value is -5.96. The van der Waals surface area contributed by atoms with Gasteiger partial charge in [-0.25, -0.2) is 0 Å². The summed E-state index contributed by atoms with van der Waals surface area (Å²) in [6.45, 7) is 7.52. The van der Waals surface area contributed by atoms with Gasteiger partial charge in [0.1, 0.15) is 30.8 Å². The van der Waals surface area contributed by atoms with E-state index < -0.39 is 10.8 Å². The number of nitriles is 1. The second kappa shape index (κ2) is 16.6. The van der Waals surface area contributed by atoms with Crippen molar-refractivity contribution < 1.29 is 33.7 Å². The van der Waals surface area contributed by atoms with E-state index in [0.717, 1.165) is 22.5 Å². The van der Waals surface area contributed by atoms with Crippen LogP contribution >= 0.6 is 0 Å². The predicted octanol–water partition coefficient (Wildman–Crippen LogP) is 5.62. The van der Waals surface area contributed by atoms with Crippen LogP contribution in [0.25, 0.3) is 22.5 Å². The summed E-state index contributed by atoms with van der Waals surface area (Å²) >= 11 is 0. The Kier molecular flexibility index (Phi) is 12.6. The minimum absolute atomic E-state index is 0.0102. The lowest BCUT2D eigenvalue weighted by molar-refractivity contribution is -0.153. The molecule has 4 rings (SSSR count). The number of nitrogens with two attached hydrogens (primary N) is 1. The number of hydrogen-bond donors (Lipinski definition) is 2. The van der Waals surface area contributed by atoms with Crippen LogP contribution in [0, 0.1) is 22.2 Å². The van der Waals surface area contributed by atoms with Crippen LogP contribution < -0.4 is 15.2 Å². The number of carbonyl (C=O) groups is 2. The number of aromatic nitrogens is 2. The number of pyridine rings is 2. The summed E-state index contributed by atoms with van der Waals surface area (Å²) in [5.74, 6) is 0.694. The zero-order chi connectivity index (χ0) is 35.3. The molecule has 12 nitrogen and oxygen atoms in total. The van der Waals surface area contributed by atoms with Gasteiger partial charge in [0.05, 0.1) is 42.0 Å². The van der Waals surface area contributed by atoms with Crippen molar-refractivity contribution in [3.8, 4) is 40.1 Å². The number of oxime groups is 1. The van der Waals surface area contributed by atoms with Crippen molar-refractivity contribution in [1.29, 1.82) is 5.26 Å². The third kappa shape index (κ3) is 10.0. The third-order valence-corrected chi connectivity index (χ3v) is 7.04. The number of methoxy groups -OCH3 is 2. The largest absolute Gasteiger partial charge is 0.492 e. The van der Waals surface area contributed by atoms with Crippen LogP contribution in [0.1, 0.15) is 38.8 Å². The van der Waals surface area contributed by atoms with Crippen LogP contribution in [0.2, 0.25) is 0 Å². The van der Waals surface area contributed by atoms with Gasteiger partial charge < -0.3 is 29.9 Å². The van der Waals surface area contributed by atoms with Gasteiger partial charge in [-0.2, -0.15) is 5.26 Å². The fourth-order valence-corrected chi connectivity index (χ4v) is 4.05. The molecule has 0 saturated carbocycles. The van der Waals surface area contributed by atoms with E-state index in [1.54, 1.807) is 58.2 Å². The van der Waals surface area contributed by atoms with E-state index in [1.807, 2.05) is 54.6 Å². The fourth-order valence-electron chi connectivity index (χ4n) is 4.05. The van der Waals surface area contributed by atoms with Crippen LogP contribution in [-0.4, -0.2) is 60.4 Å². The van der Waals surface area contributed by atoms with E-state index in [9.17, 15) is 9.59 Å². The van der Waals surface area contributed by atoms with E-state index in [2.05, 4.69) is 15.1 Å². The second-order valence-corrected chi connectivity index (χ2v) is 11.8. The molecule has 0 aliphatic rings. The fraction of sp³-hybridized carbons (Fsp3) is 0.278. The van der Waals surface area contributed by atoms with Gasteiger partial charge in [-0.15, -0.1) is 0 Å². The molecule has 250 valence electrons. The van der Waals surface area contributed by atoms with Crippen LogP contribution in [0.4, 0.5) is 0 Å². The van der Waals surface area contributed by atoms with Gasteiger partial charge in [0.2, 0.25) is 0 Å². The number of carbonyl (C=O) groups excluding carboxylic acids is 2. The van der Waals surface area contributed by atoms with Crippen molar-refractivity contribution in [3.63, 3.8) is 0 Å². The highest BCUT2D eigenvalue weighted by Gasteiger charge is 2.30. The molecule has 0 fully saturated rings. The first-order chi connectivity index (χ1) is 22.8. The summed E-state index contributed by atoms with van der Waals surface area (Å²) < 4.78 is 20.8. The van der Waals surface area contributed by atoms with Crippen molar-refractivity contribution in [2.75, 3.05) is 27.4 Å². The van der Waals surface area contributed by atoms with Gasteiger partial charge >= 0.3 is 11.9 Å². The monoisotopic (exact) mass is 653 g/mol. The van der Waals surface area contributed by atoms with Gasteiger partial charge in [-0.1, -0.05) is 5.16 Å². The highest BCUT2D eigenvalue weighted by atomic mass is 16.5. The van der Waals surface area contributed by atoms with E-state index in [0.29, 0.717) is 22.6 Å². The number of hydrogen-bond acceptors (Lipinski definition) is 11. The van der Waals surface area contributed by atoms with Crippen molar-refractivity contribution in [2.24, 2.45) is 21.7 Å². The van der Waals surface area contributed by atoms with Crippen LogP contribution in [0.3, 0.4) is 0 Å². The summed E-state index contributed by atoms with van der Waals surface area (Å²) in [6, 6.07) is 23.8. The molecule has 48 heavy (non-hydrogen) atoms. The molecule has 0 amide bonds. The Morgan fingerprint density at radius 1 is 0.750 bits per heavy atom. The standard InChI is InChI=1S/C18H21N3O4.C18H18N2O3/c1-18(2,17(22)24-3)11-25-14-7-4-12(5-8-14)15-9-6-13(10-20-15)16(19)21-23;1-18(2,17(21)22-3)12-23-15-7-5-14(6-8-15)16-9-4-13(10-19)11-20-16/h4-10,23H,11H2,1-3H3,(H2,19,21);4-9,11H,12H2,1-3H3. The Morgan fingerprint density at radius 2 is 1.19 bits per heavy atom. The summed E-state index contributed by atoms with van der Waals surface area (Å²) in [5, 5.41) is 20.4. The Morgan fingerprint density at radius 3 is 1.52 bits per heavy atom. The Bertz CT molecular complexity index is 1730. The van der Waals surface area contributed by atoms with Gasteiger partial charge in [-0.05, 0) is 100 Å². The molecule has 0 spiro atoms. The Balaban J connectivity index is 0.000000261. The molecule has 0 saturated heterocycles. The molecular weight excluding hydrogens is 614 g/mol. The molecule has 2 heterocycles. The topological polar surface area (TPSA) is 179 Å². The molecule has 3 N–H and O–H groups in total. The third-order valence-electron chi connectivity index (χ3n) is 7.04. The number of benzene rings is 2. The van der Waals surface area contributed by atoms with Crippen molar-refractivity contribution in [1.82, 2.24) is 9.97 Å². The molecule has 0 bridgehead atoms. The van der Waals surface area contributed by atoms with Crippen LogP contribution in [0.15, 0.2) is 90.3 Å². The lowest BCUT2D eigenvalue weighted by atomic mass is 9.95. The molecule has 0 atom stereocenters. The number of nitrogens with zero attached hydrogens (tertiary/aromatic N) is 4. The first-order valence-corrected chi connectivity index (χ1v) is 14.8. The quantitative estimate of drug-likeness (QED) is 0.0674. The highest BCUT2D eigenvalue weighted by Crippen LogP contribution is 2.25. The molecule has 2 aromatic heterocycles. The first-order valence-electron chi connectivity index (χ1n) is 14.8.